The van der Waals surface area contributed by atoms with Crippen molar-refractivity contribution in [2.24, 2.45) is 0 Å². The number of carbonyl (C=O) groups is 1. The van der Waals surface area contributed by atoms with E-state index in [0.717, 1.165) is 12.8 Å². The van der Waals surface area contributed by atoms with Crippen LogP contribution in [0.25, 0.3) is 0 Å². The van der Waals surface area contributed by atoms with E-state index in [2.05, 4.69) is 11.7 Å². The third-order valence-electron chi connectivity index (χ3n) is 3.12. The molecule has 0 amide bonds. The van der Waals surface area contributed by atoms with E-state index in [4.69, 9.17) is 0 Å². The summed E-state index contributed by atoms with van der Waals surface area (Å²) in [7, 11) is 0. The van der Waals surface area contributed by atoms with Gasteiger partial charge in [0.25, 0.3) is 5.95 Å². The Hall–Kier alpha value is -0.990. The van der Waals surface area contributed by atoms with Crippen molar-refractivity contribution in [3.63, 3.8) is 0 Å². The van der Waals surface area contributed by atoms with Crippen LogP contribution in [0, 0.1) is 0 Å². The molecular formula is C16H30O3. The SMILES string of the molecule is CCCCCCCCCCCC/C=C(/O)OC(C)=O. The first kappa shape index (κ1) is 18.0. The van der Waals surface area contributed by atoms with E-state index in [9.17, 15) is 9.90 Å². The van der Waals surface area contributed by atoms with Crippen molar-refractivity contribution in [1.82, 2.24) is 0 Å². The smallest absolute Gasteiger partial charge is 0.310 e. The minimum absolute atomic E-state index is 0.261. The molecule has 0 radical (unpaired) electrons. The molecule has 0 fully saturated rings. The Balaban J connectivity index is 3.20. The van der Waals surface area contributed by atoms with Gasteiger partial charge >= 0.3 is 5.97 Å². The minimum atomic E-state index is -0.475. The number of ether oxygens (including phenoxy) is 1. The molecule has 3 nitrogen and oxygen atoms in total. The van der Waals surface area contributed by atoms with E-state index in [1.807, 2.05) is 0 Å². The molecule has 0 aromatic carbocycles. The minimum Gasteiger partial charge on any atom is -0.481 e. The molecular weight excluding hydrogens is 240 g/mol. The maximum absolute atomic E-state index is 10.5. The van der Waals surface area contributed by atoms with Crippen molar-refractivity contribution in [2.75, 3.05) is 0 Å². The van der Waals surface area contributed by atoms with E-state index in [0.29, 0.717) is 0 Å². The number of unbranched alkanes of at least 4 members (excludes halogenated alkanes) is 10. The molecule has 0 aromatic rings. The Kier molecular flexibility index (Phi) is 12.7. The highest BCUT2D eigenvalue weighted by molar-refractivity contribution is 5.66. The first-order valence-corrected chi connectivity index (χ1v) is 7.74. The second-order valence-electron chi connectivity index (χ2n) is 5.11. The highest BCUT2D eigenvalue weighted by Gasteiger charge is 1.97. The topological polar surface area (TPSA) is 46.5 Å². The summed E-state index contributed by atoms with van der Waals surface area (Å²) in [6.07, 6.45) is 15.3. The van der Waals surface area contributed by atoms with Gasteiger partial charge in [0.15, 0.2) is 0 Å². The van der Waals surface area contributed by atoms with Crippen molar-refractivity contribution < 1.29 is 14.6 Å². The first-order chi connectivity index (χ1) is 9.16. The van der Waals surface area contributed by atoms with Crippen LogP contribution in [0.4, 0.5) is 0 Å². The zero-order valence-corrected chi connectivity index (χ0v) is 12.6. The van der Waals surface area contributed by atoms with E-state index in [1.165, 1.54) is 64.7 Å². The number of aliphatic hydroxyl groups is 1. The predicted molar refractivity (Wildman–Crippen MR) is 78.9 cm³/mol. The number of aliphatic hydroxyl groups excluding tert-OH is 1. The Morgan fingerprint density at radius 3 is 1.89 bits per heavy atom. The lowest BCUT2D eigenvalue weighted by atomic mass is 10.1. The summed E-state index contributed by atoms with van der Waals surface area (Å²) in [6.45, 7) is 3.53. The van der Waals surface area contributed by atoms with E-state index in [-0.39, 0.29) is 5.95 Å². The van der Waals surface area contributed by atoms with Gasteiger partial charge in [-0.1, -0.05) is 64.7 Å². The molecule has 1 N–H and O–H groups in total. The van der Waals surface area contributed by atoms with Crippen LogP contribution in [0.2, 0.25) is 0 Å². The fourth-order valence-electron chi connectivity index (χ4n) is 2.05. The average Bonchev–Trinajstić information content (AvgIpc) is 2.35. The highest BCUT2D eigenvalue weighted by Crippen LogP contribution is 2.11. The zero-order valence-electron chi connectivity index (χ0n) is 12.6. The number of hydrogen-bond acceptors (Lipinski definition) is 3. The Morgan fingerprint density at radius 1 is 0.947 bits per heavy atom. The van der Waals surface area contributed by atoms with E-state index < -0.39 is 5.97 Å². The van der Waals surface area contributed by atoms with Gasteiger partial charge in [0.1, 0.15) is 0 Å². The van der Waals surface area contributed by atoms with Crippen molar-refractivity contribution in [2.45, 2.75) is 84.5 Å². The molecule has 0 saturated heterocycles. The highest BCUT2D eigenvalue weighted by atomic mass is 16.6. The largest absolute Gasteiger partial charge is 0.481 e. The molecule has 0 heterocycles. The van der Waals surface area contributed by atoms with Crippen molar-refractivity contribution >= 4 is 5.97 Å². The molecule has 0 spiro atoms. The molecule has 0 aliphatic carbocycles. The van der Waals surface area contributed by atoms with Gasteiger partial charge in [-0.25, -0.2) is 0 Å². The second-order valence-corrected chi connectivity index (χ2v) is 5.11. The number of allylic oxidation sites excluding steroid dienone is 1. The summed E-state index contributed by atoms with van der Waals surface area (Å²) in [5, 5.41) is 9.18. The Bertz CT molecular complexity index is 246. The summed E-state index contributed by atoms with van der Waals surface area (Å²) in [4.78, 5) is 10.5. The molecule has 0 aliphatic heterocycles. The van der Waals surface area contributed by atoms with E-state index >= 15 is 0 Å². The molecule has 112 valence electrons. The molecule has 3 heteroatoms. The third kappa shape index (κ3) is 15.0. The molecule has 0 saturated carbocycles. The van der Waals surface area contributed by atoms with Crippen LogP contribution >= 0.6 is 0 Å². The van der Waals surface area contributed by atoms with Crippen LogP contribution < -0.4 is 0 Å². The molecule has 0 aliphatic rings. The standard InChI is InChI=1S/C16H30O3/c1-3-4-5-6-7-8-9-10-11-12-13-14-16(18)19-15(2)17/h14,18H,3-13H2,1-2H3/b16-14-. The van der Waals surface area contributed by atoms with Crippen molar-refractivity contribution in [3.8, 4) is 0 Å². The monoisotopic (exact) mass is 270 g/mol. The first-order valence-electron chi connectivity index (χ1n) is 7.74. The van der Waals surface area contributed by atoms with Crippen LogP contribution in [0.1, 0.15) is 84.5 Å². The maximum Gasteiger partial charge on any atom is 0.310 e. The lowest BCUT2D eigenvalue weighted by Crippen LogP contribution is -1.97. The Morgan fingerprint density at radius 2 is 1.42 bits per heavy atom. The molecule has 0 unspecified atom stereocenters. The van der Waals surface area contributed by atoms with Crippen LogP contribution in [0.5, 0.6) is 0 Å². The fourth-order valence-corrected chi connectivity index (χ4v) is 2.05. The summed E-state index contributed by atoms with van der Waals surface area (Å²) in [5.41, 5.74) is 0. The van der Waals surface area contributed by atoms with Gasteiger partial charge in [0, 0.05) is 6.92 Å². The molecule has 0 aromatic heterocycles. The zero-order chi connectivity index (χ0) is 14.3. The number of carbonyl (C=O) groups excluding carboxylic acids is 1. The normalized spacial score (nSPS) is 11.6. The summed E-state index contributed by atoms with van der Waals surface area (Å²) >= 11 is 0. The van der Waals surface area contributed by atoms with Gasteiger partial charge in [0.2, 0.25) is 0 Å². The van der Waals surface area contributed by atoms with Crippen molar-refractivity contribution in [3.05, 3.63) is 12.0 Å². The van der Waals surface area contributed by atoms with Gasteiger partial charge in [-0.3, -0.25) is 4.79 Å². The summed E-state index contributed by atoms with van der Waals surface area (Å²) in [6, 6.07) is 0. The molecule has 0 bridgehead atoms. The lowest BCUT2D eigenvalue weighted by Gasteiger charge is -2.01. The van der Waals surface area contributed by atoms with Gasteiger partial charge < -0.3 is 9.84 Å². The molecule has 0 atom stereocenters. The number of hydrogen-bond donors (Lipinski definition) is 1. The van der Waals surface area contributed by atoms with Crippen LogP contribution in [0.3, 0.4) is 0 Å². The van der Waals surface area contributed by atoms with Crippen LogP contribution in [-0.2, 0) is 9.53 Å². The fraction of sp³-hybridized carbons (Fsp3) is 0.812. The summed E-state index contributed by atoms with van der Waals surface area (Å²) < 4.78 is 4.52. The van der Waals surface area contributed by atoms with Gasteiger partial charge in [-0.05, 0) is 18.9 Å². The van der Waals surface area contributed by atoms with Gasteiger partial charge in [-0.2, -0.15) is 0 Å². The van der Waals surface area contributed by atoms with Gasteiger partial charge in [0.05, 0.1) is 0 Å². The Labute approximate surface area is 118 Å². The molecule has 19 heavy (non-hydrogen) atoms. The van der Waals surface area contributed by atoms with Crippen molar-refractivity contribution in [1.29, 1.82) is 0 Å². The maximum atomic E-state index is 10.5. The third-order valence-corrected chi connectivity index (χ3v) is 3.12. The lowest BCUT2D eigenvalue weighted by molar-refractivity contribution is -0.140. The summed E-state index contributed by atoms with van der Waals surface area (Å²) in [5.74, 6) is -0.736. The van der Waals surface area contributed by atoms with E-state index in [1.54, 1.807) is 6.08 Å². The predicted octanol–water partition coefficient (Wildman–Crippen LogP) is 5.26. The quantitative estimate of drug-likeness (QED) is 0.299. The van der Waals surface area contributed by atoms with Crippen LogP contribution in [-0.4, -0.2) is 11.1 Å². The number of esters is 1. The van der Waals surface area contributed by atoms with Crippen LogP contribution in [0.15, 0.2) is 12.0 Å². The molecule has 0 rings (SSSR count). The number of rotatable bonds is 12. The average molecular weight is 270 g/mol. The van der Waals surface area contributed by atoms with Gasteiger partial charge in [-0.15, -0.1) is 0 Å². The second kappa shape index (κ2) is 13.4.